The van der Waals surface area contributed by atoms with Gasteiger partial charge in [-0.3, -0.25) is 0 Å². The van der Waals surface area contributed by atoms with Gasteiger partial charge >= 0.3 is 0 Å². The van der Waals surface area contributed by atoms with Gasteiger partial charge in [0.1, 0.15) is 11.0 Å². The topological polar surface area (TPSA) is 87.2 Å². The van der Waals surface area contributed by atoms with Gasteiger partial charge in [-0.15, -0.1) is 11.3 Å². The van der Waals surface area contributed by atoms with Crippen molar-refractivity contribution in [2.75, 3.05) is 12.8 Å². The molecule has 8 heteroatoms. The van der Waals surface area contributed by atoms with Gasteiger partial charge in [0.25, 0.3) is 0 Å². The van der Waals surface area contributed by atoms with Crippen LogP contribution in [0.4, 0.5) is 5.69 Å². The van der Waals surface area contributed by atoms with Crippen LogP contribution in [0.2, 0.25) is 0 Å². The molecule has 110 valence electrons. The maximum Gasteiger partial charge on any atom is 0.244 e. The summed E-state index contributed by atoms with van der Waals surface area (Å²) in [6, 6.07) is 7.94. The molecule has 0 radical (unpaired) electrons. The van der Waals surface area contributed by atoms with Crippen LogP contribution in [0.15, 0.2) is 39.0 Å². The van der Waals surface area contributed by atoms with Crippen LogP contribution >= 0.6 is 27.3 Å². The van der Waals surface area contributed by atoms with E-state index in [1.807, 2.05) is 17.5 Å². The third-order valence-corrected chi connectivity index (χ3v) is 6.36. The van der Waals surface area contributed by atoms with Crippen molar-refractivity contribution in [3.8, 4) is 6.07 Å². The Morgan fingerprint density at radius 2 is 2.14 bits per heavy atom. The predicted octanol–water partition coefficient (Wildman–Crippen LogP) is 2.79. The molecule has 0 saturated heterocycles. The van der Waals surface area contributed by atoms with Crippen molar-refractivity contribution < 1.29 is 8.42 Å². The van der Waals surface area contributed by atoms with Crippen LogP contribution in [0.25, 0.3) is 0 Å². The molecule has 0 bridgehead atoms. The van der Waals surface area contributed by atoms with Gasteiger partial charge in [0.05, 0.1) is 5.56 Å². The predicted molar refractivity (Wildman–Crippen MR) is 86.2 cm³/mol. The second-order valence-corrected chi connectivity index (χ2v) is 8.28. The minimum atomic E-state index is -3.74. The van der Waals surface area contributed by atoms with Crippen LogP contribution in [0.1, 0.15) is 10.4 Å². The van der Waals surface area contributed by atoms with E-state index in [0.717, 1.165) is 9.35 Å². The molecule has 21 heavy (non-hydrogen) atoms. The van der Waals surface area contributed by atoms with E-state index in [4.69, 9.17) is 11.0 Å². The Hall–Kier alpha value is -1.40. The summed E-state index contributed by atoms with van der Waals surface area (Å²) in [5, 5.41) is 11.0. The second kappa shape index (κ2) is 6.15. The van der Waals surface area contributed by atoms with Gasteiger partial charge in [0, 0.05) is 34.0 Å². The average Bonchev–Trinajstić information content (AvgIpc) is 2.83. The molecule has 1 heterocycles. The second-order valence-electron chi connectivity index (χ2n) is 4.36. The lowest BCUT2D eigenvalue weighted by Crippen LogP contribution is -2.26. The van der Waals surface area contributed by atoms with Gasteiger partial charge < -0.3 is 5.73 Å². The summed E-state index contributed by atoms with van der Waals surface area (Å²) < 4.78 is 27.3. The average molecular weight is 386 g/mol. The van der Waals surface area contributed by atoms with Crippen LogP contribution in [0, 0.1) is 11.3 Å². The van der Waals surface area contributed by atoms with E-state index in [1.165, 1.54) is 40.9 Å². The van der Waals surface area contributed by atoms with Crippen molar-refractivity contribution >= 4 is 43.0 Å². The Morgan fingerprint density at radius 3 is 2.71 bits per heavy atom. The van der Waals surface area contributed by atoms with E-state index in [-0.39, 0.29) is 17.0 Å². The van der Waals surface area contributed by atoms with E-state index >= 15 is 0 Å². The minimum absolute atomic E-state index is 0.0303. The first-order valence-corrected chi connectivity index (χ1v) is 8.94. The molecule has 0 aliphatic carbocycles. The van der Waals surface area contributed by atoms with Crippen molar-refractivity contribution in [3.63, 3.8) is 0 Å². The third-order valence-electron chi connectivity index (χ3n) is 2.81. The summed E-state index contributed by atoms with van der Waals surface area (Å²) in [5.41, 5.74) is 5.99. The summed E-state index contributed by atoms with van der Waals surface area (Å²) in [6.07, 6.45) is 0. The zero-order chi connectivity index (χ0) is 15.6. The summed E-state index contributed by atoms with van der Waals surface area (Å²) in [4.78, 5) is 0.874. The Bertz CT molecular complexity index is 809. The number of hydrogen-bond donors (Lipinski definition) is 1. The Labute approximate surface area is 135 Å². The van der Waals surface area contributed by atoms with Crippen molar-refractivity contribution in [3.05, 3.63) is 44.6 Å². The number of nitriles is 1. The number of sulfonamides is 1. The highest BCUT2D eigenvalue weighted by molar-refractivity contribution is 9.10. The summed E-state index contributed by atoms with van der Waals surface area (Å²) in [7, 11) is -2.25. The Morgan fingerprint density at radius 1 is 1.43 bits per heavy atom. The molecule has 2 aromatic rings. The number of nitrogens with zero attached hydrogens (tertiary/aromatic N) is 2. The number of hydrogen-bond acceptors (Lipinski definition) is 5. The summed E-state index contributed by atoms with van der Waals surface area (Å²) in [6.45, 7) is 0.244. The molecule has 0 atom stereocenters. The Balaban J connectivity index is 2.35. The summed E-state index contributed by atoms with van der Waals surface area (Å²) >= 11 is 4.80. The number of benzene rings is 1. The fraction of sp³-hybridized carbons (Fsp3) is 0.154. The molecule has 0 fully saturated rings. The normalized spacial score (nSPS) is 11.5. The molecule has 0 spiro atoms. The van der Waals surface area contributed by atoms with E-state index in [0.29, 0.717) is 5.69 Å². The quantitative estimate of drug-likeness (QED) is 0.819. The van der Waals surface area contributed by atoms with E-state index in [9.17, 15) is 8.42 Å². The largest absolute Gasteiger partial charge is 0.399 e. The van der Waals surface area contributed by atoms with Crippen LogP contribution in [-0.2, 0) is 16.6 Å². The van der Waals surface area contributed by atoms with E-state index in [2.05, 4.69) is 15.9 Å². The summed E-state index contributed by atoms with van der Waals surface area (Å²) in [5.74, 6) is 0. The first-order chi connectivity index (χ1) is 9.84. The van der Waals surface area contributed by atoms with Gasteiger partial charge in [-0.25, -0.2) is 8.42 Å². The van der Waals surface area contributed by atoms with Crippen molar-refractivity contribution in [1.82, 2.24) is 4.31 Å². The van der Waals surface area contributed by atoms with Crippen LogP contribution in [0.5, 0.6) is 0 Å². The van der Waals surface area contributed by atoms with Gasteiger partial charge in [0.15, 0.2) is 0 Å². The van der Waals surface area contributed by atoms with Gasteiger partial charge in [0.2, 0.25) is 10.0 Å². The molecule has 0 amide bonds. The van der Waals surface area contributed by atoms with E-state index in [1.54, 1.807) is 0 Å². The van der Waals surface area contributed by atoms with Gasteiger partial charge in [-0.1, -0.05) is 0 Å². The molecule has 1 aromatic carbocycles. The molecule has 5 nitrogen and oxygen atoms in total. The molecule has 0 unspecified atom stereocenters. The standard InChI is InChI=1S/C13H12BrN3O2S2/c1-17(7-12-5-10(14)8-20-12)21(18,19)13-3-2-11(16)4-9(13)6-15/h2-5,8H,7,16H2,1H3. The van der Waals surface area contributed by atoms with Crippen LogP contribution in [-0.4, -0.2) is 19.8 Å². The monoisotopic (exact) mass is 385 g/mol. The number of thiophene rings is 1. The lowest BCUT2D eigenvalue weighted by atomic mass is 10.2. The zero-order valence-electron chi connectivity index (χ0n) is 11.1. The fourth-order valence-corrected chi connectivity index (χ4v) is 4.62. The molecular weight excluding hydrogens is 374 g/mol. The highest BCUT2D eigenvalue weighted by Crippen LogP contribution is 2.25. The molecule has 2 N–H and O–H groups in total. The van der Waals surface area contributed by atoms with Crippen LogP contribution < -0.4 is 5.73 Å². The van der Waals surface area contributed by atoms with E-state index < -0.39 is 10.0 Å². The lowest BCUT2D eigenvalue weighted by Gasteiger charge is -2.17. The zero-order valence-corrected chi connectivity index (χ0v) is 14.3. The molecule has 0 saturated carbocycles. The molecule has 0 aliphatic rings. The SMILES string of the molecule is CN(Cc1cc(Br)cs1)S(=O)(=O)c1ccc(N)cc1C#N. The van der Waals surface area contributed by atoms with Gasteiger partial charge in [-0.05, 0) is 40.2 Å². The first kappa shape index (κ1) is 16.0. The maximum absolute atomic E-state index is 12.6. The lowest BCUT2D eigenvalue weighted by molar-refractivity contribution is 0.469. The molecule has 0 aliphatic heterocycles. The highest BCUT2D eigenvalue weighted by atomic mass is 79.9. The molecule has 1 aromatic heterocycles. The molecule has 2 rings (SSSR count). The third kappa shape index (κ3) is 3.44. The van der Waals surface area contributed by atoms with Crippen molar-refractivity contribution in [2.24, 2.45) is 0 Å². The highest BCUT2D eigenvalue weighted by Gasteiger charge is 2.24. The molecular formula is C13H12BrN3O2S2. The minimum Gasteiger partial charge on any atom is -0.399 e. The number of rotatable bonds is 4. The van der Waals surface area contributed by atoms with Crippen molar-refractivity contribution in [1.29, 1.82) is 5.26 Å². The number of nitrogen functional groups attached to an aromatic ring is 1. The fourth-order valence-electron chi connectivity index (χ4n) is 1.77. The van der Waals surface area contributed by atoms with Crippen molar-refractivity contribution in [2.45, 2.75) is 11.4 Å². The maximum atomic E-state index is 12.6. The first-order valence-electron chi connectivity index (χ1n) is 5.83. The smallest absolute Gasteiger partial charge is 0.244 e. The Kier molecular flexibility index (Phi) is 4.68. The number of anilines is 1. The number of halogens is 1. The van der Waals surface area contributed by atoms with Crippen LogP contribution in [0.3, 0.4) is 0 Å². The van der Waals surface area contributed by atoms with Gasteiger partial charge in [-0.2, -0.15) is 9.57 Å². The number of nitrogens with two attached hydrogens (primary N) is 1.